The van der Waals surface area contributed by atoms with Crippen molar-refractivity contribution in [3.05, 3.63) is 29.5 Å². The third-order valence-electron chi connectivity index (χ3n) is 2.40. The molecule has 1 heterocycles. The van der Waals surface area contributed by atoms with Gasteiger partial charge in [0, 0.05) is 19.0 Å². The summed E-state index contributed by atoms with van der Waals surface area (Å²) in [4.78, 5) is 0. The van der Waals surface area contributed by atoms with Crippen LogP contribution >= 0.6 is 0 Å². The lowest BCUT2D eigenvalue weighted by Gasteiger charge is -2.09. The van der Waals surface area contributed by atoms with E-state index in [0.717, 1.165) is 27.4 Å². The molecule has 0 aliphatic rings. The predicted octanol–water partition coefficient (Wildman–Crippen LogP) is 2.57. The number of hydrogen-bond acceptors (Lipinski definition) is 4. The van der Waals surface area contributed by atoms with Crippen LogP contribution in [0.2, 0.25) is 0 Å². The lowest BCUT2D eigenvalue weighted by molar-refractivity contribution is -0.0731. The number of ether oxygens (including phenoxy) is 1. The summed E-state index contributed by atoms with van der Waals surface area (Å²) in [5.74, 6) is 1.55. The molecule has 0 aliphatic heterocycles. The van der Waals surface area contributed by atoms with Gasteiger partial charge in [-0.05, 0) is 30.7 Å². The largest absolute Gasteiger partial charge is 0.493 e. The van der Waals surface area contributed by atoms with E-state index in [2.05, 4.69) is 0 Å². The lowest BCUT2D eigenvalue weighted by atomic mass is 10.1. The molecule has 4 nitrogen and oxygen atoms in total. The maximum Gasteiger partial charge on any atom is 0.176 e. The van der Waals surface area contributed by atoms with Crippen molar-refractivity contribution in [1.29, 1.82) is 0 Å². The summed E-state index contributed by atoms with van der Waals surface area (Å²) in [5, 5.41) is 11.3. The van der Waals surface area contributed by atoms with Crippen molar-refractivity contribution in [2.75, 3.05) is 14.2 Å². The Balaban J connectivity index is 2.53. The van der Waals surface area contributed by atoms with Gasteiger partial charge in [0.25, 0.3) is 0 Å². The van der Waals surface area contributed by atoms with Gasteiger partial charge in [-0.3, -0.25) is 0 Å². The Hall–Kier alpha value is -1.52. The molecule has 0 bridgehead atoms. The molecule has 1 N–H and O–H groups in total. The number of furan rings is 1. The van der Waals surface area contributed by atoms with Crippen LogP contribution in [0.3, 0.4) is 0 Å². The summed E-state index contributed by atoms with van der Waals surface area (Å²) in [7, 11) is 3.22. The molecule has 2 aromatic rings. The predicted molar refractivity (Wildman–Crippen MR) is 60.8 cm³/mol. The number of hydrogen-bond donors (Lipinski definition) is 1. The van der Waals surface area contributed by atoms with Crippen LogP contribution in [0.25, 0.3) is 11.0 Å². The van der Waals surface area contributed by atoms with Crippen molar-refractivity contribution in [2.45, 2.75) is 13.5 Å². The van der Waals surface area contributed by atoms with Gasteiger partial charge in [0.2, 0.25) is 0 Å². The van der Waals surface area contributed by atoms with Gasteiger partial charge in [0.15, 0.2) is 11.3 Å². The van der Waals surface area contributed by atoms with Gasteiger partial charge in [0.1, 0.15) is 5.76 Å². The van der Waals surface area contributed by atoms with Crippen molar-refractivity contribution in [3.8, 4) is 5.75 Å². The smallest absolute Gasteiger partial charge is 0.176 e. The van der Waals surface area contributed by atoms with Gasteiger partial charge in [0.05, 0.1) is 7.11 Å². The summed E-state index contributed by atoms with van der Waals surface area (Å²) in [6.07, 6.45) is 0. The number of methoxy groups -OCH3 is 1. The molecular weight excluding hydrogens is 206 g/mol. The van der Waals surface area contributed by atoms with Gasteiger partial charge in [-0.1, -0.05) is 0 Å². The summed E-state index contributed by atoms with van der Waals surface area (Å²) in [6, 6.07) is 5.82. The second kappa shape index (κ2) is 4.15. The Kier molecular flexibility index (Phi) is 2.85. The van der Waals surface area contributed by atoms with Crippen molar-refractivity contribution in [3.63, 3.8) is 0 Å². The van der Waals surface area contributed by atoms with E-state index in [9.17, 15) is 5.21 Å². The van der Waals surface area contributed by atoms with E-state index in [-0.39, 0.29) is 0 Å². The van der Waals surface area contributed by atoms with E-state index in [1.807, 2.05) is 25.1 Å². The Bertz CT molecular complexity index is 502. The molecule has 4 heteroatoms. The van der Waals surface area contributed by atoms with E-state index >= 15 is 0 Å². The Morgan fingerprint density at radius 3 is 2.75 bits per heavy atom. The van der Waals surface area contributed by atoms with E-state index < -0.39 is 0 Å². The highest BCUT2D eigenvalue weighted by molar-refractivity contribution is 5.84. The molecule has 0 saturated carbocycles. The fourth-order valence-electron chi connectivity index (χ4n) is 1.82. The van der Waals surface area contributed by atoms with Gasteiger partial charge in [-0.15, -0.1) is 0 Å². The van der Waals surface area contributed by atoms with Gasteiger partial charge in [-0.2, -0.15) is 5.06 Å². The number of nitrogens with zero attached hydrogens (tertiary/aromatic N) is 1. The molecule has 0 aliphatic carbocycles. The monoisotopic (exact) mass is 221 g/mol. The molecule has 0 atom stereocenters. The van der Waals surface area contributed by atoms with Gasteiger partial charge in [-0.25, -0.2) is 0 Å². The van der Waals surface area contributed by atoms with Crippen LogP contribution in [0, 0.1) is 6.92 Å². The molecule has 2 rings (SSSR count). The van der Waals surface area contributed by atoms with Gasteiger partial charge >= 0.3 is 0 Å². The normalized spacial score (nSPS) is 11.3. The van der Waals surface area contributed by atoms with Crippen molar-refractivity contribution in [1.82, 2.24) is 5.06 Å². The van der Waals surface area contributed by atoms with E-state index in [4.69, 9.17) is 9.15 Å². The van der Waals surface area contributed by atoms with Crippen molar-refractivity contribution < 1.29 is 14.4 Å². The Morgan fingerprint density at radius 2 is 2.12 bits per heavy atom. The number of fused-ring (bicyclic) bond motifs is 1. The Labute approximate surface area is 94.0 Å². The topological polar surface area (TPSA) is 45.8 Å². The van der Waals surface area contributed by atoms with Crippen LogP contribution in [-0.2, 0) is 6.54 Å². The summed E-state index contributed by atoms with van der Waals surface area (Å²) in [5.41, 5.74) is 1.74. The lowest BCUT2D eigenvalue weighted by Crippen LogP contribution is -2.11. The first kappa shape index (κ1) is 11.0. The number of benzene rings is 1. The molecule has 0 radical (unpaired) electrons. The fourth-order valence-corrected chi connectivity index (χ4v) is 1.82. The first-order chi connectivity index (χ1) is 7.60. The molecule has 1 aromatic carbocycles. The van der Waals surface area contributed by atoms with Crippen LogP contribution in [0.1, 0.15) is 11.3 Å². The fraction of sp³-hybridized carbons (Fsp3) is 0.333. The second-order valence-corrected chi connectivity index (χ2v) is 3.89. The summed E-state index contributed by atoms with van der Waals surface area (Å²) in [6.45, 7) is 2.35. The van der Waals surface area contributed by atoms with Crippen LogP contribution in [-0.4, -0.2) is 24.4 Å². The molecular formula is C12H15NO3. The number of rotatable bonds is 3. The van der Waals surface area contributed by atoms with E-state index in [1.54, 1.807) is 14.2 Å². The highest BCUT2D eigenvalue weighted by Gasteiger charge is 2.10. The average molecular weight is 221 g/mol. The summed E-state index contributed by atoms with van der Waals surface area (Å²) >= 11 is 0. The first-order valence-corrected chi connectivity index (χ1v) is 5.07. The zero-order valence-electron chi connectivity index (χ0n) is 9.65. The minimum Gasteiger partial charge on any atom is -0.493 e. The average Bonchev–Trinajstić information content (AvgIpc) is 2.56. The van der Waals surface area contributed by atoms with Crippen LogP contribution in [0.15, 0.2) is 22.6 Å². The van der Waals surface area contributed by atoms with Crippen LogP contribution in [0.4, 0.5) is 0 Å². The molecule has 0 unspecified atom stereocenters. The molecule has 1 aromatic heterocycles. The maximum absolute atomic E-state index is 9.22. The zero-order chi connectivity index (χ0) is 11.7. The molecule has 86 valence electrons. The van der Waals surface area contributed by atoms with Gasteiger partial charge < -0.3 is 14.4 Å². The van der Waals surface area contributed by atoms with Crippen molar-refractivity contribution >= 4 is 11.0 Å². The van der Waals surface area contributed by atoms with Crippen LogP contribution < -0.4 is 4.74 Å². The highest BCUT2D eigenvalue weighted by atomic mass is 16.5. The van der Waals surface area contributed by atoms with E-state index in [0.29, 0.717) is 12.3 Å². The second-order valence-electron chi connectivity index (χ2n) is 3.89. The third kappa shape index (κ3) is 2.03. The number of aryl methyl sites for hydroxylation is 1. The highest BCUT2D eigenvalue weighted by Crippen LogP contribution is 2.30. The SMILES string of the molecule is COc1cc(CN(C)O)cc2cc(C)oc12. The third-order valence-corrected chi connectivity index (χ3v) is 2.40. The standard InChI is InChI=1S/C12H15NO3/c1-8-4-10-5-9(7-13(2)14)6-11(15-3)12(10)16-8/h4-6,14H,7H2,1-3H3. The van der Waals surface area contributed by atoms with Crippen LogP contribution in [0.5, 0.6) is 5.75 Å². The molecule has 16 heavy (non-hydrogen) atoms. The maximum atomic E-state index is 9.22. The molecule has 0 amide bonds. The first-order valence-electron chi connectivity index (χ1n) is 5.07. The minimum atomic E-state index is 0.455. The quantitative estimate of drug-likeness (QED) is 0.809. The number of hydroxylamine groups is 2. The van der Waals surface area contributed by atoms with E-state index in [1.165, 1.54) is 0 Å². The molecule has 0 spiro atoms. The minimum absolute atomic E-state index is 0.455. The summed E-state index contributed by atoms with van der Waals surface area (Å²) < 4.78 is 10.8. The Morgan fingerprint density at radius 1 is 1.38 bits per heavy atom. The molecule has 0 fully saturated rings. The van der Waals surface area contributed by atoms with Crippen molar-refractivity contribution in [2.24, 2.45) is 0 Å². The molecule has 0 saturated heterocycles. The zero-order valence-corrected chi connectivity index (χ0v) is 9.65.